The van der Waals surface area contributed by atoms with Gasteiger partial charge in [0.1, 0.15) is 0 Å². The van der Waals surface area contributed by atoms with Gasteiger partial charge in [0.15, 0.2) is 0 Å². The Morgan fingerprint density at radius 3 is 2.43 bits per heavy atom. The van der Waals surface area contributed by atoms with Crippen molar-refractivity contribution >= 4 is 15.9 Å². The molecule has 0 saturated heterocycles. The monoisotopic (exact) mass is 366 g/mol. The Hall–Kier alpha value is -0.550. The van der Waals surface area contributed by atoms with E-state index in [0.717, 1.165) is 37.8 Å². The van der Waals surface area contributed by atoms with Crippen molar-refractivity contribution in [2.24, 2.45) is 5.92 Å². The molecule has 21 heavy (non-hydrogen) atoms. The van der Waals surface area contributed by atoms with E-state index in [-0.39, 0.29) is 0 Å². The molecule has 0 fully saturated rings. The highest BCUT2D eigenvalue weighted by Gasteiger charge is 2.31. The number of aliphatic hydroxyl groups is 1. The lowest BCUT2D eigenvalue weighted by Gasteiger charge is -2.21. The van der Waals surface area contributed by atoms with Gasteiger partial charge >= 0.3 is 6.18 Å². The molecule has 0 spiro atoms. The molecule has 1 nitrogen and oxygen atoms in total. The van der Waals surface area contributed by atoms with Crippen LogP contribution >= 0.6 is 15.9 Å². The van der Waals surface area contributed by atoms with E-state index in [1.165, 1.54) is 6.07 Å². The standard InChI is InChI=1S/C16H22BrF3O/c1-3-5-6-11(4-2)9-15(21)13-10-12(16(18,19)20)7-8-14(13)17/h7-8,10-11,15,21H,3-6,9H2,1-2H3. The number of hydrogen-bond acceptors (Lipinski definition) is 1. The summed E-state index contributed by atoms with van der Waals surface area (Å²) in [6.45, 7) is 4.15. The summed E-state index contributed by atoms with van der Waals surface area (Å²) >= 11 is 3.23. The lowest BCUT2D eigenvalue weighted by atomic mass is 9.90. The second-order valence-corrected chi connectivity index (χ2v) is 6.26. The normalized spacial score (nSPS) is 15.0. The van der Waals surface area contributed by atoms with E-state index in [1.807, 2.05) is 6.92 Å². The minimum atomic E-state index is -4.39. The maximum Gasteiger partial charge on any atom is 0.416 e. The Morgan fingerprint density at radius 2 is 1.90 bits per heavy atom. The van der Waals surface area contributed by atoms with Gasteiger partial charge in [-0.1, -0.05) is 55.5 Å². The second kappa shape index (κ2) is 8.18. The topological polar surface area (TPSA) is 20.2 Å². The van der Waals surface area contributed by atoms with E-state index in [0.29, 0.717) is 22.4 Å². The van der Waals surface area contributed by atoms with Gasteiger partial charge in [-0.05, 0) is 36.1 Å². The number of unbranched alkanes of at least 4 members (excludes halogenated alkanes) is 1. The predicted octanol–water partition coefficient (Wildman–Crippen LogP) is 6.11. The van der Waals surface area contributed by atoms with Crippen LogP contribution < -0.4 is 0 Å². The van der Waals surface area contributed by atoms with Crippen LogP contribution in [0.2, 0.25) is 0 Å². The van der Waals surface area contributed by atoms with E-state index in [2.05, 4.69) is 22.9 Å². The van der Waals surface area contributed by atoms with Gasteiger partial charge < -0.3 is 5.11 Å². The van der Waals surface area contributed by atoms with Crippen molar-refractivity contribution in [1.82, 2.24) is 0 Å². The highest BCUT2D eigenvalue weighted by Crippen LogP contribution is 2.36. The van der Waals surface area contributed by atoms with Crippen LogP contribution in [-0.4, -0.2) is 5.11 Å². The van der Waals surface area contributed by atoms with Gasteiger partial charge in [0, 0.05) is 4.47 Å². The van der Waals surface area contributed by atoms with Crippen LogP contribution in [0.5, 0.6) is 0 Å². The van der Waals surface area contributed by atoms with E-state index in [9.17, 15) is 18.3 Å². The third-order valence-corrected chi connectivity index (χ3v) is 4.50. The highest BCUT2D eigenvalue weighted by molar-refractivity contribution is 9.10. The molecule has 1 N–H and O–H groups in total. The van der Waals surface area contributed by atoms with Gasteiger partial charge in [-0.2, -0.15) is 13.2 Å². The summed E-state index contributed by atoms with van der Waals surface area (Å²) in [5, 5.41) is 10.3. The largest absolute Gasteiger partial charge is 0.416 e. The van der Waals surface area contributed by atoms with E-state index in [1.54, 1.807) is 0 Å². The molecule has 120 valence electrons. The SMILES string of the molecule is CCCCC(CC)CC(O)c1cc(C(F)(F)F)ccc1Br. The van der Waals surface area contributed by atoms with Crippen molar-refractivity contribution in [3.05, 3.63) is 33.8 Å². The first-order valence-corrected chi connectivity index (χ1v) is 8.13. The van der Waals surface area contributed by atoms with Gasteiger partial charge in [0.05, 0.1) is 11.7 Å². The van der Waals surface area contributed by atoms with Gasteiger partial charge in [0.25, 0.3) is 0 Å². The van der Waals surface area contributed by atoms with Gasteiger partial charge in [-0.25, -0.2) is 0 Å². The van der Waals surface area contributed by atoms with Crippen LogP contribution in [-0.2, 0) is 6.18 Å². The first-order chi connectivity index (χ1) is 9.79. The number of hydrogen-bond donors (Lipinski definition) is 1. The molecule has 0 aliphatic rings. The Bertz CT molecular complexity index is 446. The van der Waals surface area contributed by atoms with Gasteiger partial charge in [-0.15, -0.1) is 0 Å². The molecule has 0 radical (unpaired) electrons. The van der Waals surface area contributed by atoms with Crippen molar-refractivity contribution in [1.29, 1.82) is 0 Å². The summed E-state index contributed by atoms with van der Waals surface area (Å²) in [7, 11) is 0. The lowest BCUT2D eigenvalue weighted by Crippen LogP contribution is -2.10. The molecule has 0 aliphatic carbocycles. The fraction of sp³-hybridized carbons (Fsp3) is 0.625. The van der Waals surface area contributed by atoms with Crippen molar-refractivity contribution in [3.8, 4) is 0 Å². The zero-order chi connectivity index (χ0) is 16.0. The smallest absolute Gasteiger partial charge is 0.388 e. The second-order valence-electron chi connectivity index (χ2n) is 5.40. The zero-order valence-corrected chi connectivity index (χ0v) is 14.0. The number of rotatable bonds is 7. The van der Waals surface area contributed by atoms with Crippen molar-refractivity contribution in [2.45, 2.75) is 58.2 Å². The minimum absolute atomic E-state index is 0.319. The van der Waals surface area contributed by atoms with Crippen LogP contribution in [0.25, 0.3) is 0 Å². The molecule has 0 bridgehead atoms. The Labute approximate surface area is 132 Å². The average Bonchev–Trinajstić information content (AvgIpc) is 2.42. The third-order valence-electron chi connectivity index (χ3n) is 3.78. The molecule has 0 amide bonds. The first-order valence-electron chi connectivity index (χ1n) is 7.34. The summed E-state index contributed by atoms with van der Waals surface area (Å²) in [5.74, 6) is 0.335. The van der Waals surface area contributed by atoms with E-state index in [4.69, 9.17) is 0 Å². The number of benzene rings is 1. The fourth-order valence-electron chi connectivity index (χ4n) is 2.40. The summed E-state index contributed by atoms with van der Waals surface area (Å²) in [6.07, 6.45) is -0.676. The molecule has 0 aromatic heterocycles. The molecule has 0 heterocycles. The van der Waals surface area contributed by atoms with E-state index >= 15 is 0 Å². The summed E-state index contributed by atoms with van der Waals surface area (Å²) in [6, 6.07) is 3.42. The molecule has 2 atom stereocenters. The van der Waals surface area contributed by atoms with Crippen LogP contribution in [0, 0.1) is 5.92 Å². The summed E-state index contributed by atoms with van der Waals surface area (Å²) < 4.78 is 38.8. The number of alkyl halides is 3. The summed E-state index contributed by atoms with van der Waals surface area (Å²) in [4.78, 5) is 0. The Morgan fingerprint density at radius 1 is 1.24 bits per heavy atom. The Balaban J connectivity index is 2.88. The third kappa shape index (κ3) is 5.62. The van der Waals surface area contributed by atoms with Gasteiger partial charge in [-0.3, -0.25) is 0 Å². The molecule has 2 unspecified atom stereocenters. The molecule has 0 saturated carbocycles. The average molecular weight is 367 g/mol. The molecular weight excluding hydrogens is 345 g/mol. The molecule has 1 aromatic rings. The first kappa shape index (κ1) is 18.5. The zero-order valence-electron chi connectivity index (χ0n) is 12.4. The fourth-order valence-corrected chi connectivity index (χ4v) is 2.91. The number of halogens is 4. The lowest BCUT2D eigenvalue weighted by molar-refractivity contribution is -0.137. The van der Waals surface area contributed by atoms with E-state index < -0.39 is 17.8 Å². The van der Waals surface area contributed by atoms with Crippen molar-refractivity contribution in [3.63, 3.8) is 0 Å². The minimum Gasteiger partial charge on any atom is -0.388 e. The van der Waals surface area contributed by atoms with Crippen LogP contribution in [0.15, 0.2) is 22.7 Å². The molecule has 5 heteroatoms. The van der Waals surface area contributed by atoms with Crippen molar-refractivity contribution in [2.75, 3.05) is 0 Å². The molecular formula is C16H22BrF3O. The molecule has 1 rings (SSSR count). The van der Waals surface area contributed by atoms with Crippen LogP contribution in [0.1, 0.15) is 63.2 Å². The quantitative estimate of drug-likeness (QED) is 0.617. The summed E-state index contributed by atoms with van der Waals surface area (Å²) in [5.41, 5.74) is -0.402. The highest BCUT2D eigenvalue weighted by atomic mass is 79.9. The molecule has 1 aromatic carbocycles. The van der Waals surface area contributed by atoms with Crippen molar-refractivity contribution < 1.29 is 18.3 Å². The number of aliphatic hydroxyl groups excluding tert-OH is 1. The Kier molecular flexibility index (Phi) is 7.21. The maximum absolute atomic E-state index is 12.8. The molecule has 0 aliphatic heterocycles. The van der Waals surface area contributed by atoms with Gasteiger partial charge in [0.2, 0.25) is 0 Å². The van der Waals surface area contributed by atoms with Crippen LogP contribution in [0.4, 0.5) is 13.2 Å². The predicted molar refractivity (Wildman–Crippen MR) is 82.0 cm³/mol. The maximum atomic E-state index is 12.8. The van der Waals surface area contributed by atoms with Crippen LogP contribution in [0.3, 0.4) is 0 Å².